The number of carbonyl (C=O) groups is 3. The van der Waals surface area contributed by atoms with Crippen LogP contribution in [0.25, 0.3) is 0 Å². The summed E-state index contributed by atoms with van der Waals surface area (Å²) in [4.78, 5) is 33.7. The molecule has 0 aliphatic rings. The predicted octanol–water partition coefficient (Wildman–Crippen LogP) is 1.06. The van der Waals surface area contributed by atoms with Crippen LogP contribution in [0.2, 0.25) is 0 Å². The molecule has 22 heavy (non-hydrogen) atoms. The van der Waals surface area contributed by atoms with Crippen LogP contribution < -0.4 is 16.4 Å². The maximum atomic E-state index is 13.4. The van der Waals surface area contributed by atoms with Gasteiger partial charge in [-0.3, -0.25) is 9.59 Å². The van der Waals surface area contributed by atoms with Gasteiger partial charge in [0.1, 0.15) is 5.82 Å². The Bertz CT molecular complexity index is 577. The Kier molecular flexibility index (Phi) is 6.30. The van der Waals surface area contributed by atoms with Gasteiger partial charge in [0, 0.05) is 12.2 Å². The SMILES string of the molecule is Cc1ccc(NC(=O)[C@H](C)OC(=O)CCNC(N)=O)cc1F. The number of benzene rings is 1. The van der Waals surface area contributed by atoms with Crippen LogP contribution in [0.3, 0.4) is 0 Å². The first-order valence-corrected chi connectivity index (χ1v) is 6.59. The number of aryl methyl sites for hydroxylation is 1. The van der Waals surface area contributed by atoms with E-state index in [-0.39, 0.29) is 18.7 Å². The summed E-state index contributed by atoms with van der Waals surface area (Å²) in [6.07, 6.45) is -1.16. The maximum absolute atomic E-state index is 13.4. The quantitative estimate of drug-likeness (QED) is 0.682. The van der Waals surface area contributed by atoms with Crippen molar-refractivity contribution in [3.05, 3.63) is 29.6 Å². The molecular weight excluding hydrogens is 293 g/mol. The van der Waals surface area contributed by atoms with E-state index in [0.717, 1.165) is 0 Å². The molecule has 0 bridgehead atoms. The van der Waals surface area contributed by atoms with Crippen LogP contribution >= 0.6 is 0 Å². The number of halogens is 1. The third-order valence-electron chi connectivity index (χ3n) is 2.75. The second-order valence-corrected chi connectivity index (χ2v) is 4.63. The molecule has 4 N–H and O–H groups in total. The molecule has 0 aromatic heterocycles. The monoisotopic (exact) mass is 311 g/mol. The Morgan fingerprint density at radius 1 is 1.36 bits per heavy atom. The molecule has 0 fully saturated rings. The zero-order chi connectivity index (χ0) is 16.7. The molecule has 0 heterocycles. The molecule has 3 amide bonds. The van der Waals surface area contributed by atoms with E-state index >= 15 is 0 Å². The van der Waals surface area contributed by atoms with E-state index in [0.29, 0.717) is 5.56 Å². The molecule has 1 atom stereocenters. The average molecular weight is 311 g/mol. The summed E-state index contributed by atoms with van der Waals surface area (Å²) in [5, 5.41) is 4.67. The Morgan fingerprint density at radius 2 is 2.05 bits per heavy atom. The number of primary amides is 1. The molecular formula is C14H18FN3O4. The molecule has 7 nitrogen and oxygen atoms in total. The fourth-order valence-corrected chi connectivity index (χ4v) is 1.51. The van der Waals surface area contributed by atoms with Crippen molar-refractivity contribution in [3.63, 3.8) is 0 Å². The summed E-state index contributed by atoms with van der Waals surface area (Å²) < 4.78 is 18.2. The van der Waals surface area contributed by atoms with Crippen LogP contribution in [-0.4, -0.2) is 30.6 Å². The number of nitrogens with two attached hydrogens (primary N) is 1. The highest BCUT2D eigenvalue weighted by Gasteiger charge is 2.18. The van der Waals surface area contributed by atoms with Gasteiger partial charge >= 0.3 is 12.0 Å². The molecule has 1 aromatic carbocycles. The number of carbonyl (C=O) groups excluding carboxylic acids is 3. The lowest BCUT2D eigenvalue weighted by molar-refractivity contribution is -0.153. The van der Waals surface area contributed by atoms with Crippen molar-refractivity contribution in [3.8, 4) is 0 Å². The van der Waals surface area contributed by atoms with Crippen molar-refractivity contribution in [1.29, 1.82) is 0 Å². The third-order valence-corrected chi connectivity index (χ3v) is 2.75. The molecule has 0 aliphatic heterocycles. The Hall–Kier alpha value is -2.64. The Labute approximate surface area is 127 Å². The second kappa shape index (κ2) is 7.96. The van der Waals surface area contributed by atoms with Crippen molar-refractivity contribution in [2.24, 2.45) is 5.73 Å². The van der Waals surface area contributed by atoms with Crippen LogP contribution in [-0.2, 0) is 14.3 Å². The Morgan fingerprint density at radius 3 is 2.64 bits per heavy atom. The molecule has 0 unspecified atom stereocenters. The van der Waals surface area contributed by atoms with E-state index in [1.165, 1.54) is 19.1 Å². The molecule has 1 aromatic rings. The minimum Gasteiger partial charge on any atom is -0.452 e. The minimum absolute atomic E-state index is 0.0195. The van der Waals surface area contributed by atoms with E-state index in [1.54, 1.807) is 13.0 Å². The normalized spacial score (nSPS) is 11.4. The van der Waals surface area contributed by atoms with Gasteiger partial charge in [0.25, 0.3) is 5.91 Å². The summed E-state index contributed by atoms with van der Waals surface area (Å²) in [6.45, 7) is 3.01. The highest BCUT2D eigenvalue weighted by molar-refractivity contribution is 5.95. The molecule has 1 rings (SSSR count). The first kappa shape index (κ1) is 17.4. The lowest BCUT2D eigenvalue weighted by Gasteiger charge is -2.14. The fraction of sp³-hybridized carbons (Fsp3) is 0.357. The fourth-order valence-electron chi connectivity index (χ4n) is 1.51. The largest absolute Gasteiger partial charge is 0.452 e. The van der Waals surface area contributed by atoms with Gasteiger partial charge in [0.05, 0.1) is 6.42 Å². The molecule has 0 saturated heterocycles. The molecule has 0 aliphatic carbocycles. The summed E-state index contributed by atoms with van der Waals surface area (Å²) >= 11 is 0. The van der Waals surface area contributed by atoms with E-state index in [2.05, 4.69) is 10.6 Å². The number of hydrogen-bond acceptors (Lipinski definition) is 4. The lowest BCUT2D eigenvalue weighted by Crippen LogP contribution is -2.33. The van der Waals surface area contributed by atoms with Crippen molar-refractivity contribution in [1.82, 2.24) is 5.32 Å². The highest BCUT2D eigenvalue weighted by atomic mass is 19.1. The molecule has 0 spiro atoms. The van der Waals surface area contributed by atoms with Gasteiger partial charge in [-0.1, -0.05) is 6.07 Å². The number of rotatable bonds is 6. The van der Waals surface area contributed by atoms with Gasteiger partial charge in [-0.05, 0) is 31.5 Å². The van der Waals surface area contributed by atoms with Gasteiger partial charge in [-0.15, -0.1) is 0 Å². The zero-order valence-corrected chi connectivity index (χ0v) is 12.3. The third kappa shape index (κ3) is 5.78. The summed E-state index contributed by atoms with van der Waals surface area (Å²) in [6, 6.07) is 3.50. The van der Waals surface area contributed by atoms with Crippen molar-refractivity contribution in [2.45, 2.75) is 26.4 Å². The Balaban J connectivity index is 2.45. The topological polar surface area (TPSA) is 111 Å². The number of hydrogen-bond donors (Lipinski definition) is 3. The smallest absolute Gasteiger partial charge is 0.312 e. The predicted molar refractivity (Wildman–Crippen MR) is 77.5 cm³/mol. The van der Waals surface area contributed by atoms with Crippen molar-refractivity contribution < 1.29 is 23.5 Å². The molecule has 0 radical (unpaired) electrons. The van der Waals surface area contributed by atoms with E-state index in [4.69, 9.17) is 10.5 Å². The van der Waals surface area contributed by atoms with Crippen LogP contribution in [0.5, 0.6) is 0 Å². The van der Waals surface area contributed by atoms with Gasteiger partial charge in [-0.2, -0.15) is 0 Å². The molecule has 0 saturated carbocycles. The minimum atomic E-state index is -1.05. The van der Waals surface area contributed by atoms with Crippen LogP contribution in [0.1, 0.15) is 18.9 Å². The molecule has 120 valence electrons. The van der Waals surface area contributed by atoms with Gasteiger partial charge < -0.3 is 21.1 Å². The average Bonchev–Trinajstić information content (AvgIpc) is 2.42. The summed E-state index contributed by atoms with van der Waals surface area (Å²) in [7, 11) is 0. The number of anilines is 1. The van der Waals surface area contributed by atoms with E-state index in [9.17, 15) is 18.8 Å². The number of nitrogens with one attached hydrogen (secondary N) is 2. The van der Waals surface area contributed by atoms with Crippen molar-refractivity contribution >= 4 is 23.6 Å². The van der Waals surface area contributed by atoms with Crippen LogP contribution in [0.15, 0.2) is 18.2 Å². The highest BCUT2D eigenvalue weighted by Crippen LogP contribution is 2.14. The lowest BCUT2D eigenvalue weighted by atomic mass is 10.2. The maximum Gasteiger partial charge on any atom is 0.312 e. The van der Waals surface area contributed by atoms with Crippen molar-refractivity contribution in [2.75, 3.05) is 11.9 Å². The first-order valence-electron chi connectivity index (χ1n) is 6.59. The van der Waals surface area contributed by atoms with Gasteiger partial charge in [-0.25, -0.2) is 9.18 Å². The number of esters is 1. The number of urea groups is 1. The van der Waals surface area contributed by atoms with Crippen LogP contribution in [0.4, 0.5) is 14.9 Å². The van der Waals surface area contributed by atoms with Gasteiger partial charge in [0.15, 0.2) is 6.10 Å². The van der Waals surface area contributed by atoms with Crippen LogP contribution in [0, 0.1) is 12.7 Å². The molecule has 8 heteroatoms. The summed E-state index contributed by atoms with van der Waals surface area (Å²) in [5.41, 5.74) is 5.57. The van der Waals surface area contributed by atoms with E-state index in [1.807, 2.05) is 0 Å². The van der Waals surface area contributed by atoms with Gasteiger partial charge in [0.2, 0.25) is 0 Å². The standard InChI is InChI=1S/C14H18FN3O4/c1-8-3-4-10(7-11(8)15)18-13(20)9(2)22-12(19)5-6-17-14(16)21/h3-4,7,9H,5-6H2,1-2H3,(H,18,20)(H3,16,17,21)/t9-/m0/s1. The summed E-state index contributed by atoms with van der Waals surface area (Å²) in [5.74, 6) is -1.69. The second-order valence-electron chi connectivity index (χ2n) is 4.63. The van der Waals surface area contributed by atoms with E-state index < -0.39 is 29.8 Å². The zero-order valence-electron chi connectivity index (χ0n) is 12.3. The first-order chi connectivity index (χ1) is 10.3. The number of amides is 3. The number of ether oxygens (including phenoxy) is 1.